The second-order valence-electron chi connectivity index (χ2n) is 4.08. The molecule has 6 heteroatoms. The smallest absolute Gasteiger partial charge is 0.0998 e. The maximum Gasteiger partial charge on any atom is 0.0998 e. The van der Waals surface area contributed by atoms with Crippen molar-refractivity contribution in [1.82, 2.24) is 15.0 Å². The van der Waals surface area contributed by atoms with Gasteiger partial charge in [-0.05, 0) is 47.2 Å². The predicted molar refractivity (Wildman–Crippen MR) is 80.9 cm³/mol. The van der Waals surface area contributed by atoms with Crippen molar-refractivity contribution < 1.29 is 0 Å². The van der Waals surface area contributed by atoms with Crippen LogP contribution in [0.4, 0.5) is 0 Å². The Hall–Kier alpha value is -0.660. The highest BCUT2D eigenvalue weighted by Crippen LogP contribution is 2.23. The molecule has 2 aromatic rings. The lowest BCUT2D eigenvalue weighted by molar-refractivity contribution is 0.619. The fraction of sp³-hybridized carbons (Fsp3) is 0.333. The lowest BCUT2D eigenvalue weighted by atomic mass is 10.1. The minimum atomic E-state index is -0.0635. The largest absolute Gasteiger partial charge is 0.323 e. The quantitative estimate of drug-likeness (QED) is 0.833. The molecule has 1 aromatic heterocycles. The Labute approximate surface area is 125 Å². The molecule has 0 amide bonds. The van der Waals surface area contributed by atoms with Crippen LogP contribution in [0.1, 0.15) is 31.5 Å². The molecular weight excluding hydrogens is 363 g/mol. The molecule has 0 bridgehead atoms. The fourth-order valence-corrected chi connectivity index (χ4v) is 2.63. The Bertz CT molecular complexity index is 541. The van der Waals surface area contributed by atoms with Gasteiger partial charge in [-0.2, -0.15) is 0 Å². The molecule has 1 unspecified atom stereocenters. The number of aromatic nitrogens is 3. The molecule has 0 saturated heterocycles. The van der Waals surface area contributed by atoms with Crippen LogP contribution in [0.5, 0.6) is 0 Å². The molecule has 2 rings (SSSR count). The van der Waals surface area contributed by atoms with E-state index in [4.69, 9.17) is 17.3 Å². The molecule has 1 heterocycles. The molecule has 18 heavy (non-hydrogen) atoms. The fourth-order valence-electron chi connectivity index (χ4n) is 1.69. The van der Waals surface area contributed by atoms with E-state index in [1.807, 2.05) is 24.4 Å². The number of benzene rings is 1. The lowest BCUT2D eigenvalue weighted by Gasteiger charge is -2.05. The van der Waals surface area contributed by atoms with Crippen LogP contribution in [0.25, 0.3) is 5.69 Å². The van der Waals surface area contributed by atoms with Gasteiger partial charge in [0.2, 0.25) is 0 Å². The van der Waals surface area contributed by atoms with E-state index in [9.17, 15) is 0 Å². The standard InChI is InChI=1S/C12H14ClIN4/c1-2-3-10(15)11-7-18(17-16-11)12-5-4-8(14)6-9(12)13/h4-7,10H,2-3,15H2,1H3. The summed E-state index contributed by atoms with van der Waals surface area (Å²) in [4.78, 5) is 0. The number of hydrogen-bond donors (Lipinski definition) is 1. The second-order valence-corrected chi connectivity index (χ2v) is 5.73. The van der Waals surface area contributed by atoms with Gasteiger partial charge in [-0.3, -0.25) is 0 Å². The van der Waals surface area contributed by atoms with Crippen molar-refractivity contribution in [2.45, 2.75) is 25.8 Å². The predicted octanol–water partition coefficient (Wildman–Crippen LogP) is 3.33. The zero-order valence-corrected chi connectivity index (χ0v) is 12.9. The topological polar surface area (TPSA) is 56.7 Å². The Balaban J connectivity index is 2.29. The summed E-state index contributed by atoms with van der Waals surface area (Å²) in [5, 5.41) is 8.84. The molecule has 0 aliphatic rings. The molecule has 0 aliphatic carbocycles. The molecule has 0 radical (unpaired) electrons. The van der Waals surface area contributed by atoms with Crippen LogP contribution in [-0.4, -0.2) is 15.0 Å². The number of rotatable bonds is 4. The average Bonchev–Trinajstić information content (AvgIpc) is 2.78. The van der Waals surface area contributed by atoms with Gasteiger partial charge in [0.25, 0.3) is 0 Å². The van der Waals surface area contributed by atoms with E-state index in [1.165, 1.54) is 0 Å². The molecule has 0 aliphatic heterocycles. The summed E-state index contributed by atoms with van der Waals surface area (Å²) in [6, 6.07) is 5.74. The highest BCUT2D eigenvalue weighted by molar-refractivity contribution is 14.1. The average molecular weight is 377 g/mol. The number of hydrogen-bond acceptors (Lipinski definition) is 3. The maximum atomic E-state index is 6.19. The third kappa shape index (κ3) is 3.02. The van der Waals surface area contributed by atoms with Crippen LogP contribution in [-0.2, 0) is 0 Å². The van der Waals surface area contributed by atoms with E-state index in [-0.39, 0.29) is 6.04 Å². The van der Waals surface area contributed by atoms with Gasteiger partial charge < -0.3 is 5.73 Å². The zero-order valence-electron chi connectivity index (χ0n) is 9.98. The Kier molecular flexibility index (Phi) is 4.58. The van der Waals surface area contributed by atoms with E-state index >= 15 is 0 Å². The first kappa shape index (κ1) is 13.8. The summed E-state index contributed by atoms with van der Waals surface area (Å²) in [5.41, 5.74) is 7.63. The van der Waals surface area contributed by atoms with Gasteiger partial charge in [-0.1, -0.05) is 30.2 Å². The molecule has 1 atom stereocenters. The molecule has 1 aromatic carbocycles. The molecule has 96 valence electrons. The van der Waals surface area contributed by atoms with Crippen molar-refractivity contribution >= 4 is 34.2 Å². The van der Waals surface area contributed by atoms with E-state index in [1.54, 1.807) is 4.68 Å². The van der Waals surface area contributed by atoms with Gasteiger partial charge in [0.15, 0.2) is 0 Å². The van der Waals surface area contributed by atoms with Crippen LogP contribution in [0, 0.1) is 3.57 Å². The molecule has 2 N–H and O–H groups in total. The summed E-state index contributed by atoms with van der Waals surface area (Å²) in [6.07, 6.45) is 3.77. The van der Waals surface area contributed by atoms with E-state index < -0.39 is 0 Å². The van der Waals surface area contributed by atoms with Gasteiger partial charge >= 0.3 is 0 Å². The second kappa shape index (κ2) is 5.99. The summed E-state index contributed by atoms with van der Waals surface area (Å²) in [6.45, 7) is 2.10. The van der Waals surface area contributed by atoms with E-state index in [0.29, 0.717) is 5.02 Å². The zero-order chi connectivity index (χ0) is 13.1. The van der Waals surface area contributed by atoms with Gasteiger partial charge in [0, 0.05) is 3.57 Å². The van der Waals surface area contributed by atoms with Crippen molar-refractivity contribution in [3.05, 3.63) is 38.7 Å². The first-order valence-corrected chi connectivity index (χ1v) is 7.20. The number of nitrogens with two attached hydrogens (primary N) is 1. The third-order valence-corrected chi connectivity index (χ3v) is 3.62. The summed E-state index contributed by atoms with van der Waals surface area (Å²) in [5.74, 6) is 0. The third-order valence-electron chi connectivity index (χ3n) is 2.65. The highest BCUT2D eigenvalue weighted by atomic mass is 127. The first-order valence-electron chi connectivity index (χ1n) is 5.75. The van der Waals surface area contributed by atoms with Gasteiger partial charge in [-0.25, -0.2) is 4.68 Å². The van der Waals surface area contributed by atoms with E-state index in [2.05, 4.69) is 39.8 Å². The van der Waals surface area contributed by atoms with Gasteiger partial charge in [-0.15, -0.1) is 5.10 Å². The van der Waals surface area contributed by atoms with E-state index in [0.717, 1.165) is 27.8 Å². The van der Waals surface area contributed by atoms with Gasteiger partial charge in [0.1, 0.15) is 0 Å². The normalized spacial score (nSPS) is 12.7. The molecule has 4 nitrogen and oxygen atoms in total. The van der Waals surface area contributed by atoms with Crippen molar-refractivity contribution in [2.24, 2.45) is 5.73 Å². The van der Waals surface area contributed by atoms with Crippen LogP contribution in [0.3, 0.4) is 0 Å². The van der Waals surface area contributed by atoms with Crippen molar-refractivity contribution in [3.8, 4) is 5.69 Å². The molecule has 0 saturated carbocycles. The SMILES string of the molecule is CCCC(N)c1cn(-c2ccc(I)cc2Cl)nn1. The molecule has 0 spiro atoms. The minimum Gasteiger partial charge on any atom is -0.323 e. The summed E-state index contributed by atoms with van der Waals surface area (Å²) >= 11 is 8.41. The Morgan fingerprint density at radius 3 is 2.94 bits per heavy atom. The maximum absolute atomic E-state index is 6.19. The van der Waals surface area contributed by atoms with Gasteiger partial charge in [0.05, 0.1) is 28.6 Å². The Morgan fingerprint density at radius 1 is 1.50 bits per heavy atom. The van der Waals surface area contributed by atoms with Crippen LogP contribution in [0.2, 0.25) is 5.02 Å². The first-order chi connectivity index (χ1) is 8.61. The molecule has 0 fully saturated rings. The van der Waals surface area contributed by atoms with Crippen molar-refractivity contribution in [2.75, 3.05) is 0 Å². The van der Waals surface area contributed by atoms with Crippen LogP contribution < -0.4 is 5.73 Å². The summed E-state index contributed by atoms with van der Waals surface area (Å²) < 4.78 is 2.76. The minimum absolute atomic E-state index is 0.0635. The monoisotopic (exact) mass is 376 g/mol. The van der Waals surface area contributed by atoms with Crippen molar-refractivity contribution in [1.29, 1.82) is 0 Å². The number of halogens is 2. The van der Waals surface area contributed by atoms with Crippen LogP contribution >= 0.6 is 34.2 Å². The lowest BCUT2D eigenvalue weighted by Crippen LogP contribution is -2.10. The summed E-state index contributed by atoms with van der Waals surface area (Å²) in [7, 11) is 0. The highest BCUT2D eigenvalue weighted by Gasteiger charge is 2.11. The van der Waals surface area contributed by atoms with Crippen LogP contribution in [0.15, 0.2) is 24.4 Å². The van der Waals surface area contributed by atoms with Crippen molar-refractivity contribution in [3.63, 3.8) is 0 Å². The Morgan fingerprint density at radius 2 is 2.28 bits per heavy atom. The number of nitrogens with zero attached hydrogens (tertiary/aromatic N) is 3. The molecular formula is C12H14ClIN4.